The van der Waals surface area contributed by atoms with Gasteiger partial charge >= 0.3 is 0 Å². The molecule has 1 atom stereocenters. The van der Waals surface area contributed by atoms with Gasteiger partial charge in [-0.2, -0.15) is 5.26 Å². The lowest BCUT2D eigenvalue weighted by Gasteiger charge is -2.11. The van der Waals surface area contributed by atoms with Gasteiger partial charge in [-0.05, 0) is 30.5 Å². The van der Waals surface area contributed by atoms with Crippen molar-refractivity contribution in [3.63, 3.8) is 0 Å². The third kappa shape index (κ3) is 3.30. The van der Waals surface area contributed by atoms with E-state index in [1.165, 1.54) is 6.07 Å². The van der Waals surface area contributed by atoms with Crippen molar-refractivity contribution in [3.05, 3.63) is 35.1 Å². The molecule has 0 radical (unpaired) electrons. The summed E-state index contributed by atoms with van der Waals surface area (Å²) in [5.41, 5.74) is 1.04. The van der Waals surface area contributed by atoms with Gasteiger partial charge < -0.3 is 9.84 Å². The molecule has 1 aromatic rings. The number of nitrogens with zero attached hydrogens (tertiary/aromatic N) is 1. The van der Waals surface area contributed by atoms with Gasteiger partial charge in [-0.15, -0.1) is 0 Å². The van der Waals surface area contributed by atoms with Gasteiger partial charge in [0, 0.05) is 6.61 Å². The van der Waals surface area contributed by atoms with E-state index in [1.807, 2.05) is 6.07 Å². The molecule has 1 rings (SSSR count). The molecule has 1 aromatic carbocycles. The van der Waals surface area contributed by atoms with Crippen LogP contribution in [0.3, 0.4) is 0 Å². The minimum atomic E-state index is -0.776. The van der Waals surface area contributed by atoms with E-state index in [9.17, 15) is 4.39 Å². The van der Waals surface area contributed by atoms with E-state index in [1.54, 1.807) is 19.1 Å². The first-order valence-electron chi connectivity index (χ1n) is 5.07. The van der Waals surface area contributed by atoms with Crippen LogP contribution in [0.25, 0.3) is 0 Å². The fourth-order valence-electron chi connectivity index (χ4n) is 1.25. The summed E-state index contributed by atoms with van der Waals surface area (Å²) in [5.74, 6) is -0.344. The number of aryl methyl sites for hydroxylation is 1. The van der Waals surface area contributed by atoms with Crippen LogP contribution in [0.5, 0.6) is 0 Å². The second-order valence-corrected chi connectivity index (χ2v) is 3.47. The summed E-state index contributed by atoms with van der Waals surface area (Å²) in [7, 11) is 0. The van der Waals surface area contributed by atoms with E-state index >= 15 is 0 Å². The van der Waals surface area contributed by atoms with E-state index in [-0.39, 0.29) is 19.0 Å². The Kier molecular flexibility index (Phi) is 4.90. The standard InChI is InChI=1S/C12H14FNO2/c1-9-3-4-10(7-11(9)13)12(8-14)16-6-2-5-15/h3-4,7,12,15H,2,5-6H2,1H3. The molecule has 0 aliphatic rings. The molecular formula is C12H14FNO2. The van der Waals surface area contributed by atoms with E-state index in [0.29, 0.717) is 17.5 Å². The average Bonchev–Trinajstić information content (AvgIpc) is 2.29. The summed E-state index contributed by atoms with van der Waals surface area (Å²) < 4.78 is 18.5. The highest BCUT2D eigenvalue weighted by Crippen LogP contribution is 2.19. The topological polar surface area (TPSA) is 53.2 Å². The summed E-state index contributed by atoms with van der Waals surface area (Å²) in [5, 5.41) is 17.5. The van der Waals surface area contributed by atoms with Gasteiger partial charge in [-0.1, -0.05) is 12.1 Å². The Balaban J connectivity index is 2.72. The summed E-state index contributed by atoms with van der Waals surface area (Å²) >= 11 is 0. The molecule has 0 heterocycles. The Bertz CT molecular complexity index is 387. The minimum absolute atomic E-state index is 0.0143. The van der Waals surface area contributed by atoms with Crippen LogP contribution >= 0.6 is 0 Å². The highest BCUT2D eigenvalue weighted by molar-refractivity contribution is 5.27. The van der Waals surface area contributed by atoms with E-state index in [2.05, 4.69) is 0 Å². The minimum Gasteiger partial charge on any atom is -0.396 e. The van der Waals surface area contributed by atoms with Gasteiger partial charge in [0.15, 0.2) is 6.10 Å². The second kappa shape index (κ2) is 6.21. The average molecular weight is 223 g/mol. The van der Waals surface area contributed by atoms with Gasteiger partial charge in [-0.3, -0.25) is 0 Å². The third-order valence-electron chi connectivity index (χ3n) is 2.20. The molecule has 0 saturated carbocycles. The quantitative estimate of drug-likeness (QED) is 0.778. The van der Waals surface area contributed by atoms with Crippen molar-refractivity contribution in [2.45, 2.75) is 19.4 Å². The van der Waals surface area contributed by atoms with E-state index in [0.717, 1.165) is 0 Å². The Morgan fingerprint density at radius 3 is 2.88 bits per heavy atom. The molecule has 16 heavy (non-hydrogen) atoms. The summed E-state index contributed by atoms with van der Waals surface area (Å²) in [6.07, 6.45) is -0.311. The molecule has 0 aromatic heterocycles. The van der Waals surface area contributed by atoms with Crippen molar-refractivity contribution in [1.29, 1.82) is 5.26 Å². The SMILES string of the molecule is Cc1ccc(C(C#N)OCCCO)cc1F. The smallest absolute Gasteiger partial charge is 0.169 e. The molecule has 0 amide bonds. The normalized spacial score (nSPS) is 12.1. The fourth-order valence-corrected chi connectivity index (χ4v) is 1.25. The molecule has 1 N–H and O–H groups in total. The van der Waals surface area contributed by atoms with Crippen molar-refractivity contribution in [2.75, 3.05) is 13.2 Å². The van der Waals surface area contributed by atoms with Crippen LogP contribution in [0, 0.1) is 24.1 Å². The molecule has 1 unspecified atom stereocenters. The van der Waals surface area contributed by atoms with Crippen molar-refractivity contribution >= 4 is 0 Å². The van der Waals surface area contributed by atoms with Crippen molar-refractivity contribution in [1.82, 2.24) is 0 Å². The highest BCUT2D eigenvalue weighted by atomic mass is 19.1. The largest absolute Gasteiger partial charge is 0.396 e. The molecule has 0 aliphatic carbocycles. The van der Waals surface area contributed by atoms with Crippen molar-refractivity contribution < 1.29 is 14.2 Å². The molecule has 0 fully saturated rings. The van der Waals surface area contributed by atoms with Crippen LogP contribution in [0.15, 0.2) is 18.2 Å². The summed E-state index contributed by atoms with van der Waals surface area (Å²) in [6.45, 7) is 1.96. The maximum atomic E-state index is 13.3. The number of hydrogen-bond donors (Lipinski definition) is 1. The predicted octanol–water partition coefficient (Wildman–Crippen LogP) is 2.10. The van der Waals surface area contributed by atoms with Gasteiger partial charge in [0.2, 0.25) is 0 Å². The van der Waals surface area contributed by atoms with E-state index < -0.39 is 6.10 Å². The number of rotatable bonds is 5. The Morgan fingerprint density at radius 1 is 1.56 bits per heavy atom. The van der Waals surface area contributed by atoms with Crippen LogP contribution in [-0.2, 0) is 4.74 Å². The van der Waals surface area contributed by atoms with Gasteiger partial charge in [-0.25, -0.2) is 4.39 Å². The molecular weight excluding hydrogens is 209 g/mol. The van der Waals surface area contributed by atoms with Crippen LogP contribution in [0.4, 0.5) is 4.39 Å². The van der Waals surface area contributed by atoms with Crippen molar-refractivity contribution in [2.24, 2.45) is 0 Å². The summed E-state index contributed by atoms with van der Waals surface area (Å²) in [6, 6.07) is 6.55. The number of ether oxygens (including phenoxy) is 1. The Hall–Kier alpha value is -1.44. The third-order valence-corrected chi connectivity index (χ3v) is 2.20. The van der Waals surface area contributed by atoms with Crippen LogP contribution in [0.2, 0.25) is 0 Å². The Labute approximate surface area is 94.1 Å². The molecule has 3 nitrogen and oxygen atoms in total. The number of benzene rings is 1. The lowest BCUT2D eigenvalue weighted by atomic mass is 10.1. The molecule has 0 bridgehead atoms. The maximum Gasteiger partial charge on any atom is 0.169 e. The molecule has 86 valence electrons. The van der Waals surface area contributed by atoms with Crippen molar-refractivity contribution in [3.8, 4) is 6.07 Å². The fraction of sp³-hybridized carbons (Fsp3) is 0.417. The Morgan fingerprint density at radius 2 is 2.31 bits per heavy atom. The lowest BCUT2D eigenvalue weighted by Crippen LogP contribution is -2.05. The first-order valence-corrected chi connectivity index (χ1v) is 5.07. The first kappa shape index (κ1) is 12.6. The molecule has 0 saturated heterocycles. The maximum absolute atomic E-state index is 13.3. The number of aliphatic hydroxyl groups is 1. The van der Waals surface area contributed by atoms with Crippen LogP contribution in [-0.4, -0.2) is 18.3 Å². The van der Waals surface area contributed by atoms with Crippen LogP contribution < -0.4 is 0 Å². The summed E-state index contributed by atoms with van der Waals surface area (Å²) in [4.78, 5) is 0. The molecule has 0 aliphatic heterocycles. The number of halogens is 1. The van der Waals surface area contributed by atoms with E-state index in [4.69, 9.17) is 15.1 Å². The highest BCUT2D eigenvalue weighted by Gasteiger charge is 2.12. The monoisotopic (exact) mass is 223 g/mol. The van der Waals surface area contributed by atoms with Gasteiger partial charge in [0.05, 0.1) is 12.7 Å². The number of hydrogen-bond acceptors (Lipinski definition) is 3. The predicted molar refractivity (Wildman–Crippen MR) is 57.1 cm³/mol. The van der Waals surface area contributed by atoms with Gasteiger partial charge in [0.1, 0.15) is 5.82 Å². The van der Waals surface area contributed by atoms with Crippen LogP contribution in [0.1, 0.15) is 23.7 Å². The zero-order valence-corrected chi connectivity index (χ0v) is 9.11. The number of nitriles is 1. The second-order valence-electron chi connectivity index (χ2n) is 3.47. The lowest BCUT2D eigenvalue weighted by molar-refractivity contribution is 0.0772. The molecule has 0 spiro atoms. The first-order chi connectivity index (χ1) is 7.69. The van der Waals surface area contributed by atoms with Gasteiger partial charge in [0.25, 0.3) is 0 Å². The molecule has 4 heteroatoms. The zero-order chi connectivity index (χ0) is 12.0. The zero-order valence-electron chi connectivity index (χ0n) is 9.11. The number of aliphatic hydroxyl groups excluding tert-OH is 1.